The average molecular weight is 229 g/mol. The fourth-order valence-electron chi connectivity index (χ4n) is 1.36. The maximum absolute atomic E-state index is 11.4. The molecular weight excluding hydrogens is 208 g/mol. The van der Waals surface area contributed by atoms with E-state index >= 15 is 0 Å². The van der Waals surface area contributed by atoms with E-state index in [0.29, 0.717) is 12.3 Å². The summed E-state index contributed by atoms with van der Waals surface area (Å²) in [5.74, 6) is -0.0183. The van der Waals surface area contributed by atoms with E-state index in [1.165, 1.54) is 0 Å². The van der Waals surface area contributed by atoms with E-state index in [9.17, 15) is 14.7 Å². The minimum Gasteiger partial charge on any atom is -0.391 e. The first-order valence-electron chi connectivity index (χ1n) is 5.47. The first-order chi connectivity index (χ1) is 7.38. The van der Waals surface area contributed by atoms with Crippen LogP contribution in [-0.4, -0.2) is 35.5 Å². The van der Waals surface area contributed by atoms with Gasteiger partial charge in [0.05, 0.1) is 18.2 Å². The Morgan fingerprint density at radius 2 is 2.00 bits per heavy atom. The minimum absolute atomic E-state index is 0.101. The van der Waals surface area contributed by atoms with Gasteiger partial charge in [-0.25, -0.2) is 0 Å². The summed E-state index contributed by atoms with van der Waals surface area (Å²) in [6.07, 6.45) is 1.24. The van der Waals surface area contributed by atoms with Gasteiger partial charge in [0.15, 0.2) is 0 Å². The number of amides is 1. The molecule has 5 nitrogen and oxygen atoms in total. The Morgan fingerprint density at radius 1 is 1.44 bits per heavy atom. The van der Waals surface area contributed by atoms with E-state index in [1.54, 1.807) is 13.2 Å². The molecule has 0 aliphatic carbocycles. The standard InChI is InChI=1S/C11H21N2O3/c1-7(2)6-9(10(15)4-5-14)13-11(16)8(3)12/h7-10,15H,4,6,12H2,1-3H3,(H,13,16)/t8?,9-,10-/m0/s1. The lowest BCUT2D eigenvalue weighted by molar-refractivity contribution is -0.123. The van der Waals surface area contributed by atoms with Gasteiger partial charge in [-0.3, -0.25) is 9.59 Å². The predicted octanol–water partition coefficient (Wildman–Crippen LogP) is -0.275. The molecule has 0 aromatic carbocycles. The van der Waals surface area contributed by atoms with Crippen LogP contribution in [0.15, 0.2) is 0 Å². The molecule has 0 fully saturated rings. The first-order valence-corrected chi connectivity index (χ1v) is 5.47. The Morgan fingerprint density at radius 3 is 2.38 bits per heavy atom. The minimum atomic E-state index is -0.900. The molecule has 1 unspecified atom stereocenters. The van der Waals surface area contributed by atoms with Crippen LogP contribution >= 0.6 is 0 Å². The van der Waals surface area contributed by atoms with Crippen molar-refractivity contribution in [2.24, 2.45) is 11.7 Å². The number of carbonyl (C=O) groups is 1. The Bertz CT molecular complexity index is 229. The highest BCUT2D eigenvalue weighted by Gasteiger charge is 2.23. The van der Waals surface area contributed by atoms with Crippen LogP contribution < -0.4 is 11.1 Å². The first kappa shape index (κ1) is 15.1. The largest absolute Gasteiger partial charge is 0.391 e. The maximum Gasteiger partial charge on any atom is 0.236 e. The van der Waals surface area contributed by atoms with Crippen molar-refractivity contribution in [1.29, 1.82) is 0 Å². The molecule has 5 heteroatoms. The van der Waals surface area contributed by atoms with Crippen molar-refractivity contribution in [2.75, 3.05) is 0 Å². The van der Waals surface area contributed by atoms with Crippen molar-refractivity contribution < 1.29 is 14.7 Å². The van der Waals surface area contributed by atoms with E-state index in [-0.39, 0.29) is 12.3 Å². The molecule has 0 heterocycles. The highest BCUT2D eigenvalue weighted by Crippen LogP contribution is 2.10. The van der Waals surface area contributed by atoms with Gasteiger partial charge in [-0.1, -0.05) is 13.8 Å². The summed E-state index contributed by atoms with van der Waals surface area (Å²) < 4.78 is 0. The van der Waals surface area contributed by atoms with Crippen LogP contribution in [-0.2, 0) is 9.59 Å². The van der Waals surface area contributed by atoms with Gasteiger partial charge in [0.2, 0.25) is 12.2 Å². The highest BCUT2D eigenvalue weighted by atomic mass is 16.3. The lowest BCUT2D eigenvalue weighted by Gasteiger charge is -2.25. The number of rotatable bonds is 7. The molecule has 4 N–H and O–H groups in total. The van der Waals surface area contributed by atoms with Crippen molar-refractivity contribution in [3.05, 3.63) is 0 Å². The summed E-state index contributed by atoms with van der Waals surface area (Å²) >= 11 is 0. The van der Waals surface area contributed by atoms with Crippen LogP contribution in [0.2, 0.25) is 0 Å². The summed E-state index contributed by atoms with van der Waals surface area (Å²) in [4.78, 5) is 21.6. The van der Waals surface area contributed by atoms with E-state index in [4.69, 9.17) is 5.73 Å². The number of hydrogen-bond acceptors (Lipinski definition) is 4. The van der Waals surface area contributed by atoms with Crippen LogP contribution in [0.25, 0.3) is 0 Å². The number of hydrogen-bond donors (Lipinski definition) is 3. The number of nitrogens with two attached hydrogens (primary N) is 1. The summed E-state index contributed by atoms with van der Waals surface area (Å²) in [6, 6.07) is -1.07. The number of aliphatic hydroxyl groups excluding tert-OH is 1. The second kappa shape index (κ2) is 7.35. The summed E-state index contributed by atoms with van der Waals surface area (Å²) in [6.45, 7) is 5.52. The molecule has 0 spiro atoms. The summed E-state index contributed by atoms with van der Waals surface area (Å²) in [5, 5.41) is 12.3. The molecule has 0 rings (SSSR count). The molecule has 0 aliphatic heterocycles. The highest BCUT2D eigenvalue weighted by molar-refractivity contribution is 5.81. The molecule has 0 saturated heterocycles. The molecule has 16 heavy (non-hydrogen) atoms. The third-order valence-corrected chi connectivity index (χ3v) is 2.22. The second-order valence-electron chi connectivity index (χ2n) is 4.45. The van der Waals surface area contributed by atoms with Gasteiger partial charge in [0, 0.05) is 6.42 Å². The van der Waals surface area contributed by atoms with Crippen molar-refractivity contribution >= 4 is 12.2 Å². The van der Waals surface area contributed by atoms with Gasteiger partial charge in [-0.05, 0) is 19.3 Å². The predicted molar refractivity (Wildman–Crippen MR) is 61.4 cm³/mol. The van der Waals surface area contributed by atoms with Crippen LogP contribution in [0.5, 0.6) is 0 Å². The third kappa shape index (κ3) is 5.82. The molecule has 1 amide bonds. The quantitative estimate of drug-likeness (QED) is 0.560. The second-order valence-corrected chi connectivity index (χ2v) is 4.45. The van der Waals surface area contributed by atoms with E-state index in [1.807, 2.05) is 13.8 Å². The summed E-state index contributed by atoms with van der Waals surface area (Å²) in [7, 11) is 0. The molecule has 3 atom stereocenters. The lowest BCUT2D eigenvalue weighted by Crippen LogP contribution is -2.49. The van der Waals surface area contributed by atoms with Crippen LogP contribution in [0, 0.1) is 5.92 Å². The van der Waals surface area contributed by atoms with Gasteiger partial charge in [0.25, 0.3) is 0 Å². The Labute approximate surface area is 96.4 Å². The zero-order valence-corrected chi connectivity index (χ0v) is 10.1. The SMILES string of the molecule is CC(C)C[C@H](NC(=O)C(C)N)[C@@H](O)C[C]=O. The summed E-state index contributed by atoms with van der Waals surface area (Å²) in [5.41, 5.74) is 5.42. The van der Waals surface area contributed by atoms with Gasteiger partial charge >= 0.3 is 0 Å². The topological polar surface area (TPSA) is 92.4 Å². The molecule has 0 aromatic heterocycles. The molecule has 0 aliphatic rings. The van der Waals surface area contributed by atoms with Gasteiger partial charge in [-0.2, -0.15) is 0 Å². The molecule has 0 aromatic rings. The zero-order chi connectivity index (χ0) is 12.7. The molecule has 0 bridgehead atoms. The fourth-order valence-corrected chi connectivity index (χ4v) is 1.36. The smallest absolute Gasteiger partial charge is 0.236 e. The average Bonchev–Trinajstić information content (AvgIpc) is 2.16. The van der Waals surface area contributed by atoms with Crippen LogP contribution in [0.4, 0.5) is 0 Å². The number of carbonyl (C=O) groups excluding carboxylic acids is 2. The Balaban J connectivity index is 4.41. The van der Waals surface area contributed by atoms with E-state index in [2.05, 4.69) is 5.32 Å². The lowest BCUT2D eigenvalue weighted by atomic mass is 9.97. The van der Waals surface area contributed by atoms with E-state index < -0.39 is 18.2 Å². The van der Waals surface area contributed by atoms with E-state index in [0.717, 1.165) is 0 Å². The Kier molecular flexibility index (Phi) is 6.92. The maximum atomic E-state index is 11.4. The normalized spacial score (nSPS) is 16.6. The van der Waals surface area contributed by atoms with Crippen molar-refractivity contribution in [2.45, 2.75) is 51.8 Å². The van der Waals surface area contributed by atoms with Crippen LogP contribution in [0.1, 0.15) is 33.6 Å². The van der Waals surface area contributed by atoms with Gasteiger partial charge in [-0.15, -0.1) is 0 Å². The molecule has 1 radical (unpaired) electrons. The monoisotopic (exact) mass is 229 g/mol. The zero-order valence-electron chi connectivity index (χ0n) is 10.1. The van der Waals surface area contributed by atoms with Crippen molar-refractivity contribution in [3.63, 3.8) is 0 Å². The third-order valence-electron chi connectivity index (χ3n) is 2.22. The molecule has 0 saturated carbocycles. The molecular formula is C11H21N2O3. The van der Waals surface area contributed by atoms with Crippen molar-refractivity contribution in [1.82, 2.24) is 5.32 Å². The van der Waals surface area contributed by atoms with Gasteiger partial charge < -0.3 is 16.2 Å². The number of aliphatic hydroxyl groups is 1. The van der Waals surface area contributed by atoms with Crippen molar-refractivity contribution in [3.8, 4) is 0 Å². The van der Waals surface area contributed by atoms with Gasteiger partial charge in [0.1, 0.15) is 0 Å². The van der Waals surface area contributed by atoms with Crippen LogP contribution in [0.3, 0.4) is 0 Å². The fraction of sp³-hybridized carbons (Fsp3) is 0.818. The molecule has 93 valence electrons. The number of nitrogens with one attached hydrogen (secondary N) is 1. The Hall–Kier alpha value is -0.940.